The standard InChI is InChI=1S/C10H10N2O.2ClH/c11-10(13)5-7-6-12-9-4-2-1-3-8(7)9;;/h1-4,6,12H,5H2,(H2,11,13);2*1H. The number of para-hydroxylation sites is 1. The van der Waals surface area contributed by atoms with Crippen LogP contribution in [0.5, 0.6) is 0 Å². The molecule has 3 N–H and O–H groups in total. The highest BCUT2D eigenvalue weighted by molar-refractivity contribution is 5.88. The molecule has 0 saturated carbocycles. The lowest BCUT2D eigenvalue weighted by Crippen LogP contribution is -2.13. The van der Waals surface area contributed by atoms with Crippen molar-refractivity contribution >= 4 is 41.6 Å². The minimum Gasteiger partial charge on any atom is -0.369 e. The SMILES string of the molecule is Cl.Cl.NC(=O)Cc1c[nH]c2ccccc12. The molecule has 0 aliphatic carbocycles. The van der Waals surface area contributed by atoms with Gasteiger partial charge in [-0.3, -0.25) is 4.79 Å². The highest BCUT2D eigenvalue weighted by Crippen LogP contribution is 2.17. The first-order chi connectivity index (χ1) is 6.27. The number of primary amides is 1. The van der Waals surface area contributed by atoms with Gasteiger partial charge in [0.2, 0.25) is 5.91 Å². The van der Waals surface area contributed by atoms with Crippen molar-refractivity contribution in [1.29, 1.82) is 0 Å². The summed E-state index contributed by atoms with van der Waals surface area (Å²) in [4.78, 5) is 13.8. The van der Waals surface area contributed by atoms with Crippen molar-refractivity contribution in [3.63, 3.8) is 0 Å². The summed E-state index contributed by atoms with van der Waals surface area (Å²) >= 11 is 0. The molecule has 82 valence electrons. The number of carbonyl (C=O) groups excluding carboxylic acids is 1. The smallest absolute Gasteiger partial charge is 0.221 e. The van der Waals surface area contributed by atoms with E-state index in [1.807, 2.05) is 30.5 Å². The molecular formula is C10H12Cl2N2O. The Hall–Kier alpha value is -1.19. The maximum Gasteiger partial charge on any atom is 0.221 e. The molecule has 0 atom stereocenters. The number of H-pyrrole nitrogens is 1. The quantitative estimate of drug-likeness (QED) is 0.838. The number of fused-ring (bicyclic) bond motifs is 1. The van der Waals surface area contributed by atoms with Crippen LogP contribution in [-0.2, 0) is 11.2 Å². The fourth-order valence-corrected chi connectivity index (χ4v) is 1.47. The van der Waals surface area contributed by atoms with Crippen LogP contribution in [0.4, 0.5) is 0 Å². The summed E-state index contributed by atoms with van der Waals surface area (Å²) < 4.78 is 0. The average molecular weight is 247 g/mol. The fourth-order valence-electron chi connectivity index (χ4n) is 1.47. The Morgan fingerprint density at radius 3 is 2.60 bits per heavy atom. The largest absolute Gasteiger partial charge is 0.369 e. The van der Waals surface area contributed by atoms with Crippen LogP contribution in [0, 0.1) is 0 Å². The van der Waals surface area contributed by atoms with Crippen LogP contribution in [0.3, 0.4) is 0 Å². The number of aromatic amines is 1. The molecule has 0 saturated heterocycles. The number of halogens is 2. The molecule has 1 heterocycles. The summed E-state index contributed by atoms with van der Waals surface area (Å²) in [6.45, 7) is 0. The van der Waals surface area contributed by atoms with Gasteiger partial charge in [0.1, 0.15) is 0 Å². The van der Waals surface area contributed by atoms with Crippen LogP contribution >= 0.6 is 24.8 Å². The fraction of sp³-hybridized carbons (Fsp3) is 0.100. The van der Waals surface area contributed by atoms with E-state index in [0.717, 1.165) is 16.5 Å². The highest BCUT2D eigenvalue weighted by Gasteiger charge is 2.04. The Morgan fingerprint density at radius 2 is 1.93 bits per heavy atom. The molecule has 5 heteroatoms. The van der Waals surface area contributed by atoms with Gasteiger partial charge in [0.05, 0.1) is 6.42 Å². The van der Waals surface area contributed by atoms with Gasteiger partial charge in [-0.15, -0.1) is 24.8 Å². The van der Waals surface area contributed by atoms with Crippen LogP contribution in [0.2, 0.25) is 0 Å². The Balaban J connectivity index is 0.000000980. The predicted octanol–water partition coefficient (Wildman–Crippen LogP) is 2.04. The van der Waals surface area contributed by atoms with E-state index in [1.54, 1.807) is 0 Å². The molecule has 1 amide bonds. The summed E-state index contributed by atoms with van der Waals surface area (Å²) in [5.41, 5.74) is 7.12. The van der Waals surface area contributed by atoms with Crippen LogP contribution in [-0.4, -0.2) is 10.9 Å². The molecule has 2 rings (SSSR count). The second-order valence-corrected chi connectivity index (χ2v) is 3.00. The highest BCUT2D eigenvalue weighted by atomic mass is 35.5. The van der Waals surface area contributed by atoms with Crippen molar-refractivity contribution in [3.8, 4) is 0 Å². The van der Waals surface area contributed by atoms with Gasteiger partial charge in [-0.1, -0.05) is 18.2 Å². The Morgan fingerprint density at radius 1 is 1.27 bits per heavy atom. The maximum atomic E-state index is 10.7. The number of benzene rings is 1. The van der Waals surface area contributed by atoms with Gasteiger partial charge < -0.3 is 10.7 Å². The lowest BCUT2D eigenvalue weighted by atomic mass is 10.1. The van der Waals surface area contributed by atoms with Crippen molar-refractivity contribution in [3.05, 3.63) is 36.0 Å². The van der Waals surface area contributed by atoms with E-state index in [0.29, 0.717) is 6.42 Å². The number of carbonyl (C=O) groups is 1. The summed E-state index contributed by atoms with van der Waals surface area (Å²) in [5, 5.41) is 1.07. The monoisotopic (exact) mass is 246 g/mol. The molecule has 0 spiro atoms. The van der Waals surface area contributed by atoms with E-state index in [-0.39, 0.29) is 30.7 Å². The first kappa shape index (κ1) is 13.8. The van der Waals surface area contributed by atoms with Gasteiger partial charge in [0.25, 0.3) is 0 Å². The molecule has 2 aromatic rings. The number of hydrogen-bond acceptors (Lipinski definition) is 1. The van der Waals surface area contributed by atoms with Gasteiger partial charge in [-0.2, -0.15) is 0 Å². The van der Waals surface area contributed by atoms with Gasteiger partial charge in [0, 0.05) is 17.1 Å². The number of nitrogens with one attached hydrogen (secondary N) is 1. The zero-order valence-corrected chi connectivity index (χ0v) is 9.53. The predicted molar refractivity (Wildman–Crippen MR) is 65.7 cm³/mol. The molecule has 3 nitrogen and oxygen atoms in total. The molecular weight excluding hydrogens is 235 g/mol. The van der Waals surface area contributed by atoms with Crippen molar-refractivity contribution in [1.82, 2.24) is 4.98 Å². The Kier molecular flexibility index (Phi) is 5.19. The van der Waals surface area contributed by atoms with E-state index < -0.39 is 0 Å². The Bertz CT molecular complexity index is 453. The van der Waals surface area contributed by atoms with E-state index in [1.165, 1.54) is 0 Å². The molecule has 1 aromatic carbocycles. The molecule has 0 fully saturated rings. The van der Waals surface area contributed by atoms with E-state index in [2.05, 4.69) is 4.98 Å². The number of hydrogen-bond donors (Lipinski definition) is 2. The number of nitrogens with two attached hydrogens (primary N) is 1. The van der Waals surface area contributed by atoms with Crippen molar-refractivity contribution in [2.75, 3.05) is 0 Å². The second-order valence-electron chi connectivity index (χ2n) is 3.00. The summed E-state index contributed by atoms with van der Waals surface area (Å²) in [5.74, 6) is -0.301. The minimum atomic E-state index is -0.301. The first-order valence-corrected chi connectivity index (χ1v) is 4.10. The topological polar surface area (TPSA) is 58.9 Å². The molecule has 1 aromatic heterocycles. The average Bonchev–Trinajstić information content (AvgIpc) is 2.48. The summed E-state index contributed by atoms with van der Waals surface area (Å²) in [6, 6.07) is 7.84. The molecule has 0 aliphatic heterocycles. The molecule has 0 unspecified atom stereocenters. The van der Waals surface area contributed by atoms with E-state index >= 15 is 0 Å². The van der Waals surface area contributed by atoms with Gasteiger partial charge in [-0.25, -0.2) is 0 Å². The molecule has 15 heavy (non-hydrogen) atoms. The first-order valence-electron chi connectivity index (χ1n) is 4.10. The maximum absolute atomic E-state index is 10.7. The van der Waals surface area contributed by atoms with Gasteiger partial charge in [-0.05, 0) is 11.6 Å². The summed E-state index contributed by atoms with van der Waals surface area (Å²) in [6.07, 6.45) is 2.12. The van der Waals surface area contributed by atoms with Crippen LogP contribution in [0.1, 0.15) is 5.56 Å². The van der Waals surface area contributed by atoms with Gasteiger partial charge >= 0.3 is 0 Å². The number of aromatic nitrogens is 1. The van der Waals surface area contributed by atoms with Crippen LogP contribution in [0.25, 0.3) is 10.9 Å². The zero-order valence-electron chi connectivity index (χ0n) is 7.90. The zero-order chi connectivity index (χ0) is 9.26. The van der Waals surface area contributed by atoms with Crippen LogP contribution < -0.4 is 5.73 Å². The van der Waals surface area contributed by atoms with Crippen molar-refractivity contribution in [2.45, 2.75) is 6.42 Å². The normalized spacial score (nSPS) is 9.07. The molecule has 0 bridgehead atoms. The minimum absolute atomic E-state index is 0. The van der Waals surface area contributed by atoms with Crippen molar-refractivity contribution < 1.29 is 4.79 Å². The lowest BCUT2D eigenvalue weighted by Gasteiger charge is -1.93. The van der Waals surface area contributed by atoms with E-state index in [9.17, 15) is 4.79 Å². The third kappa shape index (κ3) is 2.88. The number of rotatable bonds is 2. The third-order valence-electron chi connectivity index (χ3n) is 2.04. The van der Waals surface area contributed by atoms with Crippen LogP contribution in [0.15, 0.2) is 30.5 Å². The van der Waals surface area contributed by atoms with Crippen molar-refractivity contribution in [2.24, 2.45) is 5.73 Å². The summed E-state index contributed by atoms with van der Waals surface area (Å²) in [7, 11) is 0. The Labute approximate surface area is 99.9 Å². The third-order valence-corrected chi connectivity index (χ3v) is 2.04. The second kappa shape index (κ2) is 5.63. The molecule has 0 radical (unpaired) electrons. The van der Waals surface area contributed by atoms with E-state index in [4.69, 9.17) is 5.73 Å². The van der Waals surface area contributed by atoms with Gasteiger partial charge in [0.15, 0.2) is 0 Å². The lowest BCUT2D eigenvalue weighted by molar-refractivity contribution is -0.117. The molecule has 0 aliphatic rings. The number of amides is 1.